The van der Waals surface area contributed by atoms with Gasteiger partial charge in [-0.2, -0.15) is 0 Å². The fraction of sp³-hybridized carbons (Fsp3) is 0.583. The summed E-state index contributed by atoms with van der Waals surface area (Å²) in [6, 6.07) is 2.54. The largest absolute Gasteiger partial charge is 0.377 e. The van der Waals surface area contributed by atoms with Crippen LogP contribution in [-0.2, 0) is 11.3 Å². The van der Waals surface area contributed by atoms with Crippen LogP contribution in [-0.4, -0.2) is 23.7 Å². The van der Waals surface area contributed by atoms with Crippen LogP contribution in [0, 0.1) is 6.92 Å². The molecular weight excluding hydrogens is 188 g/mol. The minimum absolute atomic E-state index is 0.335. The van der Waals surface area contributed by atoms with E-state index in [0.717, 1.165) is 19.6 Å². The molecule has 3 heteroatoms. The molecule has 0 aliphatic carbocycles. The van der Waals surface area contributed by atoms with Gasteiger partial charge in [0.25, 0.3) is 0 Å². The highest BCUT2D eigenvalue weighted by Gasteiger charge is 2.23. The Morgan fingerprint density at radius 1 is 1.60 bits per heavy atom. The molecule has 0 spiro atoms. The zero-order valence-corrected chi connectivity index (χ0v) is 9.36. The highest BCUT2D eigenvalue weighted by Crippen LogP contribution is 2.13. The van der Waals surface area contributed by atoms with Crippen LogP contribution in [0.2, 0.25) is 0 Å². The monoisotopic (exact) mass is 206 g/mol. The predicted molar refractivity (Wildman–Crippen MR) is 59.6 cm³/mol. The molecule has 0 saturated carbocycles. The van der Waals surface area contributed by atoms with Crippen molar-refractivity contribution in [3.63, 3.8) is 0 Å². The van der Waals surface area contributed by atoms with E-state index in [4.69, 9.17) is 4.74 Å². The Bertz CT molecular complexity index is 327. The summed E-state index contributed by atoms with van der Waals surface area (Å²) in [6.45, 7) is 6.01. The summed E-state index contributed by atoms with van der Waals surface area (Å²) in [5.41, 5.74) is 2.57. The highest BCUT2D eigenvalue weighted by molar-refractivity contribution is 5.21. The molecule has 82 valence electrons. The number of nitrogens with zero attached hydrogens (tertiary/aromatic N) is 1. The van der Waals surface area contributed by atoms with Gasteiger partial charge in [-0.15, -0.1) is 0 Å². The van der Waals surface area contributed by atoms with Crippen molar-refractivity contribution in [2.45, 2.75) is 39.0 Å². The molecule has 2 atom stereocenters. The molecule has 1 N–H and O–H groups in total. The van der Waals surface area contributed by atoms with Crippen LogP contribution in [0.3, 0.4) is 0 Å². The highest BCUT2D eigenvalue weighted by atomic mass is 16.5. The summed E-state index contributed by atoms with van der Waals surface area (Å²) >= 11 is 0. The first-order valence-corrected chi connectivity index (χ1v) is 5.52. The van der Waals surface area contributed by atoms with Gasteiger partial charge in [-0.05, 0) is 37.5 Å². The van der Waals surface area contributed by atoms with Crippen molar-refractivity contribution in [2.75, 3.05) is 6.61 Å². The van der Waals surface area contributed by atoms with Crippen LogP contribution >= 0.6 is 0 Å². The van der Waals surface area contributed by atoms with Crippen LogP contribution in [0.1, 0.15) is 24.5 Å². The lowest BCUT2D eigenvalue weighted by Crippen LogP contribution is -2.34. The predicted octanol–water partition coefficient (Wildman–Crippen LogP) is 1.66. The van der Waals surface area contributed by atoms with Crippen molar-refractivity contribution in [1.82, 2.24) is 10.3 Å². The minimum atomic E-state index is 0.335. The SMILES string of the molecule is Cc1ccncc1CNC1CCOC1C. The lowest BCUT2D eigenvalue weighted by molar-refractivity contribution is 0.113. The van der Waals surface area contributed by atoms with Gasteiger partial charge in [0.1, 0.15) is 0 Å². The van der Waals surface area contributed by atoms with Crippen LogP contribution in [0.4, 0.5) is 0 Å². The summed E-state index contributed by atoms with van der Waals surface area (Å²) in [4.78, 5) is 4.14. The first-order chi connectivity index (χ1) is 7.27. The third-order valence-corrected chi connectivity index (χ3v) is 3.08. The number of aryl methyl sites for hydroxylation is 1. The third-order valence-electron chi connectivity index (χ3n) is 3.08. The average Bonchev–Trinajstić information content (AvgIpc) is 2.63. The third kappa shape index (κ3) is 2.55. The Morgan fingerprint density at radius 3 is 3.13 bits per heavy atom. The van der Waals surface area contributed by atoms with Crippen molar-refractivity contribution in [1.29, 1.82) is 0 Å². The van der Waals surface area contributed by atoms with E-state index in [-0.39, 0.29) is 0 Å². The standard InChI is InChI=1S/C12H18N2O/c1-9-3-5-13-7-11(9)8-14-12-4-6-15-10(12)2/h3,5,7,10,12,14H,4,6,8H2,1-2H3. The van der Waals surface area contributed by atoms with Gasteiger partial charge in [0.15, 0.2) is 0 Å². The Labute approximate surface area is 90.9 Å². The molecule has 0 aromatic carbocycles. The smallest absolute Gasteiger partial charge is 0.0700 e. The van der Waals surface area contributed by atoms with E-state index in [1.165, 1.54) is 11.1 Å². The van der Waals surface area contributed by atoms with Crippen molar-refractivity contribution < 1.29 is 4.74 Å². The molecule has 15 heavy (non-hydrogen) atoms. The lowest BCUT2D eigenvalue weighted by atomic mass is 10.1. The zero-order valence-electron chi connectivity index (χ0n) is 9.36. The van der Waals surface area contributed by atoms with Crippen molar-refractivity contribution in [2.24, 2.45) is 0 Å². The maximum absolute atomic E-state index is 5.51. The number of aromatic nitrogens is 1. The molecule has 2 rings (SSSR count). The van der Waals surface area contributed by atoms with Gasteiger partial charge in [0.2, 0.25) is 0 Å². The molecule has 1 saturated heterocycles. The molecule has 2 unspecified atom stereocenters. The average molecular weight is 206 g/mol. The van der Waals surface area contributed by atoms with E-state index in [1.54, 1.807) is 0 Å². The maximum Gasteiger partial charge on any atom is 0.0700 e. The van der Waals surface area contributed by atoms with Crippen LogP contribution in [0.5, 0.6) is 0 Å². The van der Waals surface area contributed by atoms with Gasteiger partial charge in [-0.3, -0.25) is 4.98 Å². The zero-order chi connectivity index (χ0) is 10.7. The number of hydrogen-bond acceptors (Lipinski definition) is 3. The summed E-state index contributed by atoms with van der Waals surface area (Å²) in [6.07, 6.45) is 5.21. The first kappa shape index (κ1) is 10.6. The second kappa shape index (κ2) is 4.73. The first-order valence-electron chi connectivity index (χ1n) is 5.52. The fourth-order valence-electron chi connectivity index (χ4n) is 1.92. The normalized spacial score (nSPS) is 25.7. The number of hydrogen-bond donors (Lipinski definition) is 1. The Balaban J connectivity index is 1.90. The Morgan fingerprint density at radius 2 is 2.47 bits per heavy atom. The van der Waals surface area contributed by atoms with Crippen LogP contribution in [0.15, 0.2) is 18.5 Å². The van der Waals surface area contributed by atoms with E-state index in [2.05, 4.69) is 24.1 Å². The molecule has 3 nitrogen and oxygen atoms in total. The molecule has 2 heterocycles. The molecular formula is C12H18N2O. The van der Waals surface area contributed by atoms with Gasteiger partial charge in [-0.1, -0.05) is 0 Å². The van der Waals surface area contributed by atoms with Crippen molar-refractivity contribution in [3.8, 4) is 0 Å². The second-order valence-electron chi connectivity index (χ2n) is 4.15. The van der Waals surface area contributed by atoms with Gasteiger partial charge < -0.3 is 10.1 Å². The molecule has 1 aromatic rings. The van der Waals surface area contributed by atoms with Crippen LogP contribution in [0.25, 0.3) is 0 Å². The minimum Gasteiger partial charge on any atom is -0.377 e. The van der Waals surface area contributed by atoms with Gasteiger partial charge in [0.05, 0.1) is 6.10 Å². The molecule has 0 bridgehead atoms. The number of pyridine rings is 1. The molecule has 0 amide bonds. The van der Waals surface area contributed by atoms with Crippen LogP contribution < -0.4 is 5.32 Å². The lowest BCUT2D eigenvalue weighted by Gasteiger charge is -2.16. The van der Waals surface area contributed by atoms with Crippen molar-refractivity contribution >= 4 is 0 Å². The van der Waals surface area contributed by atoms with Gasteiger partial charge in [-0.25, -0.2) is 0 Å². The Kier molecular flexibility index (Phi) is 3.34. The number of nitrogens with one attached hydrogen (secondary N) is 1. The van der Waals surface area contributed by atoms with Crippen molar-refractivity contribution in [3.05, 3.63) is 29.6 Å². The van der Waals surface area contributed by atoms with Gasteiger partial charge >= 0.3 is 0 Å². The summed E-state index contributed by atoms with van der Waals surface area (Å²) in [5.74, 6) is 0. The van der Waals surface area contributed by atoms with E-state index >= 15 is 0 Å². The molecule has 1 fully saturated rings. The summed E-state index contributed by atoms with van der Waals surface area (Å²) in [5, 5.41) is 3.52. The maximum atomic E-state index is 5.51. The molecule has 1 aromatic heterocycles. The quantitative estimate of drug-likeness (QED) is 0.816. The molecule has 1 aliphatic rings. The summed E-state index contributed by atoms with van der Waals surface area (Å²) in [7, 11) is 0. The molecule has 0 radical (unpaired) electrons. The molecule has 1 aliphatic heterocycles. The second-order valence-corrected chi connectivity index (χ2v) is 4.15. The van der Waals surface area contributed by atoms with Gasteiger partial charge in [0, 0.05) is 31.6 Å². The van der Waals surface area contributed by atoms with E-state index in [0.29, 0.717) is 12.1 Å². The van der Waals surface area contributed by atoms with E-state index in [9.17, 15) is 0 Å². The summed E-state index contributed by atoms with van der Waals surface area (Å²) < 4.78 is 5.51. The Hall–Kier alpha value is -0.930. The number of rotatable bonds is 3. The van der Waals surface area contributed by atoms with E-state index < -0.39 is 0 Å². The topological polar surface area (TPSA) is 34.2 Å². The fourth-order valence-corrected chi connectivity index (χ4v) is 1.92. The number of ether oxygens (including phenoxy) is 1. The van der Waals surface area contributed by atoms with E-state index in [1.807, 2.05) is 18.5 Å².